The van der Waals surface area contributed by atoms with Crippen molar-refractivity contribution in [3.8, 4) is 11.4 Å². The standard InChI is InChI=1S/C22H20N4O2/c1-14-8-10-16(11-9-14)26-24-19-12-15(2)18(13-20(19)25-26)23-22(27)17-6-4-5-7-21(17)28-3/h4-13H,1-3H3,(H,23,27). The summed E-state index contributed by atoms with van der Waals surface area (Å²) in [5.41, 5.74) is 5.63. The minimum atomic E-state index is -0.231. The zero-order valence-corrected chi connectivity index (χ0v) is 15.9. The molecule has 0 saturated carbocycles. The average molecular weight is 372 g/mol. The number of para-hydroxylation sites is 1. The number of benzene rings is 3. The summed E-state index contributed by atoms with van der Waals surface area (Å²) in [6, 6.07) is 18.9. The largest absolute Gasteiger partial charge is 0.496 e. The second-order valence-corrected chi connectivity index (χ2v) is 6.64. The van der Waals surface area contributed by atoms with E-state index in [1.165, 1.54) is 5.56 Å². The Labute approximate surface area is 162 Å². The predicted molar refractivity (Wildman–Crippen MR) is 109 cm³/mol. The lowest BCUT2D eigenvalue weighted by Crippen LogP contribution is -2.13. The molecule has 1 aromatic heterocycles. The number of nitrogens with one attached hydrogen (secondary N) is 1. The summed E-state index contributed by atoms with van der Waals surface area (Å²) in [7, 11) is 1.55. The van der Waals surface area contributed by atoms with Gasteiger partial charge in [0, 0.05) is 5.69 Å². The Hall–Kier alpha value is -3.67. The zero-order chi connectivity index (χ0) is 19.7. The van der Waals surface area contributed by atoms with Crippen LogP contribution >= 0.6 is 0 Å². The molecule has 0 fully saturated rings. The van der Waals surface area contributed by atoms with Gasteiger partial charge in [0.1, 0.15) is 16.8 Å². The fraction of sp³-hybridized carbons (Fsp3) is 0.136. The molecule has 0 saturated heterocycles. The highest BCUT2D eigenvalue weighted by Gasteiger charge is 2.14. The van der Waals surface area contributed by atoms with E-state index in [9.17, 15) is 4.79 Å². The number of rotatable bonds is 4. The van der Waals surface area contributed by atoms with Crippen molar-refractivity contribution >= 4 is 22.6 Å². The Morgan fingerprint density at radius 2 is 1.64 bits per heavy atom. The van der Waals surface area contributed by atoms with E-state index in [0.717, 1.165) is 16.8 Å². The summed E-state index contributed by atoms with van der Waals surface area (Å²) in [5.74, 6) is 0.301. The molecule has 0 aliphatic rings. The number of aryl methyl sites for hydroxylation is 2. The summed E-state index contributed by atoms with van der Waals surface area (Å²) in [5, 5.41) is 12.1. The summed E-state index contributed by atoms with van der Waals surface area (Å²) in [4.78, 5) is 14.3. The van der Waals surface area contributed by atoms with Crippen LogP contribution in [-0.4, -0.2) is 28.0 Å². The monoisotopic (exact) mass is 372 g/mol. The van der Waals surface area contributed by atoms with Gasteiger partial charge in [-0.1, -0.05) is 29.8 Å². The van der Waals surface area contributed by atoms with Crippen LogP contribution in [0.4, 0.5) is 5.69 Å². The Bertz CT molecular complexity index is 1160. The van der Waals surface area contributed by atoms with Crippen LogP contribution in [0.1, 0.15) is 21.5 Å². The summed E-state index contributed by atoms with van der Waals surface area (Å²) in [6.45, 7) is 3.97. The van der Waals surface area contributed by atoms with Gasteiger partial charge >= 0.3 is 0 Å². The third kappa shape index (κ3) is 3.32. The molecule has 28 heavy (non-hydrogen) atoms. The van der Waals surface area contributed by atoms with Gasteiger partial charge in [-0.05, 0) is 55.8 Å². The highest BCUT2D eigenvalue weighted by molar-refractivity contribution is 6.07. The first-order valence-corrected chi connectivity index (χ1v) is 8.94. The van der Waals surface area contributed by atoms with Crippen LogP contribution in [0.3, 0.4) is 0 Å². The van der Waals surface area contributed by atoms with E-state index >= 15 is 0 Å². The number of anilines is 1. The Kier molecular flexibility index (Phi) is 4.53. The first-order chi connectivity index (χ1) is 13.5. The number of ether oxygens (including phenoxy) is 1. The van der Waals surface area contributed by atoms with Gasteiger partial charge in [-0.3, -0.25) is 4.79 Å². The third-order valence-corrected chi connectivity index (χ3v) is 4.59. The van der Waals surface area contributed by atoms with Crippen molar-refractivity contribution < 1.29 is 9.53 Å². The van der Waals surface area contributed by atoms with Gasteiger partial charge < -0.3 is 10.1 Å². The lowest BCUT2D eigenvalue weighted by atomic mass is 10.1. The molecule has 1 amide bonds. The van der Waals surface area contributed by atoms with E-state index in [1.54, 1.807) is 30.1 Å². The number of methoxy groups -OCH3 is 1. The molecule has 0 atom stereocenters. The van der Waals surface area contributed by atoms with Crippen molar-refractivity contribution in [1.82, 2.24) is 15.0 Å². The van der Waals surface area contributed by atoms with Crippen LogP contribution in [0.15, 0.2) is 60.7 Å². The fourth-order valence-electron chi connectivity index (χ4n) is 3.02. The molecule has 4 rings (SSSR count). The normalized spacial score (nSPS) is 10.8. The van der Waals surface area contributed by atoms with Gasteiger partial charge in [0.05, 0.1) is 18.4 Å². The molecule has 4 aromatic rings. The summed E-state index contributed by atoms with van der Waals surface area (Å²) in [6.07, 6.45) is 0. The quantitative estimate of drug-likeness (QED) is 0.580. The van der Waals surface area contributed by atoms with Crippen LogP contribution in [0.5, 0.6) is 5.75 Å². The van der Waals surface area contributed by atoms with Gasteiger partial charge in [0.25, 0.3) is 5.91 Å². The van der Waals surface area contributed by atoms with Crippen LogP contribution in [0, 0.1) is 13.8 Å². The number of hydrogen-bond donors (Lipinski definition) is 1. The molecular formula is C22H20N4O2. The van der Waals surface area contributed by atoms with Crippen LogP contribution in [-0.2, 0) is 0 Å². The number of fused-ring (bicyclic) bond motifs is 1. The third-order valence-electron chi connectivity index (χ3n) is 4.59. The number of carbonyl (C=O) groups excluding carboxylic acids is 1. The van der Waals surface area contributed by atoms with Crippen molar-refractivity contribution in [1.29, 1.82) is 0 Å². The highest BCUT2D eigenvalue weighted by atomic mass is 16.5. The van der Waals surface area contributed by atoms with Crippen molar-refractivity contribution in [3.05, 3.63) is 77.4 Å². The van der Waals surface area contributed by atoms with Crippen LogP contribution in [0.25, 0.3) is 16.7 Å². The number of amides is 1. The smallest absolute Gasteiger partial charge is 0.259 e. The zero-order valence-electron chi connectivity index (χ0n) is 15.9. The van der Waals surface area contributed by atoms with Crippen molar-refractivity contribution in [2.45, 2.75) is 13.8 Å². The molecule has 0 unspecified atom stereocenters. The van der Waals surface area contributed by atoms with Crippen molar-refractivity contribution in [2.24, 2.45) is 0 Å². The Morgan fingerprint density at radius 3 is 2.36 bits per heavy atom. The van der Waals surface area contributed by atoms with Gasteiger partial charge in [0.2, 0.25) is 0 Å². The molecule has 1 N–H and O–H groups in total. The van der Waals surface area contributed by atoms with Gasteiger partial charge in [-0.25, -0.2) is 0 Å². The predicted octanol–water partition coefficient (Wildman–Crippen LogP) is 4.30. The summed E-state index contributed by atoms with van der Waals surface area (Å²) >= 11 is 0. The molecule has 1 heterocycles. The maximum atomic E-state index is 12.7. The summed E-state index contributed by atoms with van der Waals surface area (Å²) < 4.78 is 5.28. The van der Waals surface area contributed by atoms with Crippen LogP contribution in [0.2, 0.25) is 0 Å². The van der Waals surface area contributed by atoms with Gasteiger partial charge in [-0.15, -0.1) is 10.2 Å². The van der Waals surface area contributed by atoms with E-state index in [1.807, 2.05) is 56.3 Å². The maximum absolute atomic E-state index is 12.7. The van der Waals surface area contributed by atoms with Crippen molar-refractivity contribution in [3.63, 3.8) is 0 Å². The first-order valence-electron chi connectivity index (χ1n) is 8.94. The first kappa shape index (κ1) is 17.7. The molecule has 0 aliphatic carbocycles. The number of nitrogens with zero attached hydrogens (tertiary/aromatic N) is 3. The van der Waals surface area contributed by atoms with Crippen molar-refractivity contribution in [2.75, 3.05) is 12.4 Å². The van der Waals surface area contributed by atoms with Gasteiger partial charge in [-0.2, -0.15) is 4.80 Å². The molecular weight excluding hydrogens is 352 g/mol. The van der Waals surface area contributed by atoms with Gasteiger partial charge in [0.15, 0.2) is 0 Å². The van der Waals surface area contributed by atoms with Crippen LogP contribution < -0.4 is 10.1 Å². The second kappa shape index (κ2) is 7.15. The second-order valence-electron chi connectivity index (χ2n) is 6.64. The number of carbonyl (C=O) groups is 1. The lowest BCUT2D eigenvalue weighted by molar-refractivity contribution is 0.102. The average Bonchev–Trinajstić information content (AvgIpc) is 3.11. The minimum absolute atomic E-state index is 0.231. The molecule has 140 valence electrons. The topological polar surface area (TPSA) is 69.0 Å². The minimum Gasteiger partial charge on any atom is -0.496 e. The fourth-order valence-corrected chi connectivity index (χ4v) is 3.02. The highest BCUT2D eigenvalue weighted by Crippen LogP contribution is 2.24. The van der Waals surface area contributed by atoms with E-state index in [2.05, 4.69) is 15.5 Å². The molecule has 0 aliphatic heterocycles. The molecule has 0 spiro atoms. The van der Waals surface area contributed by atoms with E-state index in [4.69, 9.17) is 4.74 Å². The molecule has 0 bridgehead atoms. The Balaban J connectivity index is 1.67. The molecule has 0 radical (unpaired) electrons. The molecule has 6 heteroatoms. The molecule has 6 nitrogen and oxygen atoms in total. The maximum Gasteiger partial charge on any atom is 0.259 e. The van der Waals surface area contributed by atoms with E-state index in [-0.39, 0.29) is 5.91 Å². The lowest BCUT2D eigenvalue weighted by Gasteiger charge is -2.10. The van der Waals surface area contributed by atoms with E-state index in [0.29, 0.717) is 22.5 Å². The number of aromatic nitrogens is 3. The van der Waals surface area contributed by atoms with E-state index < -0.39 is 0 Å². The SMILES string of the molecule is COc1ccccc1C(=O)Nc1cc2nn(-c3ccc(C)cc3)nc2cc1C. The molecule has 3 aromatic carbocycles. The Morgan fingerprint density at radius 1 is 0.964 bits per heavy atom. The number of hydrogen-bond acceptors (Lipinski definition) is 4.